The van der Waals surface area contributed by atoms with Crippen LogP contribution in [-0.4, -0.2) is 49.0 Å². The Morgan fingerprint density at radius 3 is 2.50 bits per heavy atom. The van der Waals surface area contributed by atoms with Crippen LogP contribution in [-0.2, 0) is 14.3 Å². The number of thioether (sulfide) groups is 1. The van der Waals surface area contributed by atoms with Gasteiger partial charge in [-0.2, -0.15) is 0 Å². The molecule has 6 heteroatoms. The Balaban J connectivity index is 0.000000500. The van der Waals surface area contributed by atoms with E-state index in [9.17, 15) is 4.79 Å². The molecule has 0 aromatic heterocycles. The molecule has 80 valence electrons. The molecule has 0 radical (unpaired) electrons. The molecule has 1 amide bonds. The smallest absolute Gasteiger partial charge is 0.290 e. The van der Waals surface area contributed by atoms with Gasteiger partial charge in [-0.05, 0) is 6.26 Å². The highest BCUT2D eigenvalue weighted by Crippen LogP contribution is 2.26. The number of likely N-dealkylation sites (N-methyl/N-ethyl adjacent to an activating group) is 1. The van der Waals surface area contributed by atoms with Crippen molar-refractivity contribution in [1.29, 1.82) is 0 Å². The summed E-state index contributed by atoms with van der Waals surface area (Å²) in [6, 6.07) is 0. The standard InChI is InChI=1S/C7H11NO2S.CH2O2/c1-8-6(9)4-5(11-3)7(8)10-2;2-1-3/h4,7H,1-3H3;1H,(H,2,3). The molecule has 14 heavy (non-hydrogen) atoms. The van der Waals surface area contributed by atoms with Crippen LogP contribution in [0.15, 0.2) is 11.0 Å². The lowest BCUT2D eigenvalue weighted by atomic mass is 10.5. The molecule has 0 aliphatic carbocycles. The van der Waals surface area contributed by atoms with Gasteiger partial charge in [0, 0.05) is 25.1 Å². The molecule has 5 nitrogen and oxygen atoms in total. The fourth-order valence-electron chi connectivity index (χ4n) is 1.04. The van der Waals surface area contributed by atoms with Crippen molar-refractivity contribution in [2.24, 2.45) is 0 Å². The van der Waals surface area contributed by atoms with Crippen molar-refractivity contribution in [1.82, 2.24) is 4.90 Å². The Kier molecular flexibility index (Phi) is 5.98. The van der Waals surface area contributed by atoms with Gasteiger partial charge in [-0.3, -0.25) is 9.59 Å². The quantitative estimate of drug-likeness (QED) is 0.680. The van der Waals surface area contributed by atoms with Gasteiger partial charge in [0.1, 0.15) is 0 Å². The van der Waals surface area contributed by atoms with Crippen molar-refractivity contribution < 1.29 is 19.4 Å². The molecule has 1 atom stereocenters. The number of carboxylic acid groups (broad SMARTS) is 1. The zero-order valence-electron chi connectivity index (χ0n) is 8.26. The fraction of sp³-hybridized carbons (Fsp3) is 0.500. The monoisotopic (exact) mass is 219 g/mol. The predicted molar refractivity (Wildman–Crippen MR) is 53.9 cm³/mol. The fourth-order valence-corrected chi connectivity index (χ4v) is 1.71. The molecule has 1 N–H and O–H groups in total. The molecular formula is C8H13NO4S. The Labute approximate surface area is 86.7 Å². The maximum Gasteiger partial charge on any atom is 0.290 e. The highest BCUT2D eigenvalue weighted by Gasteiger charge is 2.28. The summed E-state index contributed by atoms with van der Waals surface area (Å²) in [5.41, 5.74) is 0. The first-order chi connectivity index (χ1) is 6.62. The second-order valence-corrected chi connectivity index (χ2v) is 3.27. The van der Waals surface area contributed by atoms with Crippen LogP contribution in [0.1, 0.15) is 0 Å². The summed E-state index contributed by atoms with van der Waals surface area (Å²) in [5.74, 6) is 0.0150. The maximum absolute atomic E-state index is 11.1. The van der Waals surface area contributed by atoms with E-state index >= 15 is 0 Å². The molecule has 0 aromatic rings. The van der Waals surface area contributed by atoms with Crippen molar-refractivity contribution in [3.05, 3.63) is 11.0 Å². The van der Waals surface area contributed by atoms with Crippen molar-refractivity contribution in [2.45, 2.75) is 6.23 Å². The number of rotatable bonds is 2. The minimum atomic E-state index is -0.250. The number of carbonyl (C=O) groups is 2. The summed E-state index contributed by atoms with van der Waals surface area (Å²) in [6.45, 7) is -0.250. The lowest BCUT2D eigenvalue weighted by molar-refractivity contribution is -0.130. The van der Waals surface area contributed by atoms with Gasteiger partial charge in [-0.1, -0.05) is 0 Å². The second kappa shape index (κ2) is 6.44. The first-order valence-electron chi connectivity index (χ1n) is 3.75. The number of nitrogens with zero attached hydrogens (tertiary/aromatic N) is 1. The maximum atomic E-state index is 11.1. The van der Waals surface area contributed by atoms with Gasteiger partial charge >= 0.3 is 0 Å². The molecule has 1 rings (SSSR count). The Hall–Kier alpha value is -1.01. The normalized spacial score (nSPS) is 19.9. The van der Waals surface area contributed by atoms with Gasteiger partial charge in [-0.15, -0.1) is 11.8 Å². The largest absolute Gasteiger partial charge is 0.483 e. The number of carbonyl (C=O) groups excluding carboxylic acids is 1. The van der Waals surface area contributed by atoms with Gasteiger partial charge in [0.15, 0.2) is 6.23 Å². The highest BCUT2D eigenvalue weighted by atomic mass is 32.2. The highest BCUT2D eigenvalue weighted by molar-refractivity contribution is 8.02. The molecule has 0 spiro atoms. The first kappa shape index (κ1) is 13.0. The van der Waals surface area contributed by atoms with E-state index in [0.29, 0.717) is 0 Å². The van der Waals surface area contributed by atoms with Crippen LogP contribution in [0, 0.1) is 0 Å². The zero-order valence-corrected chi connectivity index (χ0v) is 9.08. The van der Waals surface area contributed by atoms with E-state index in [-0.39, 0.29) is 18.6 Å². The molecule has 0 aromatic carbocycles. The average molecular weight is 219 g/mol. The van der Waals surface area contributed by atoms with Gasteiger partial charge in [0.25, 0.3) is 6.47 Å². The van der Waals surface area contributed by atoms with E-state index in [1.165, 1.54) is 0 Å². The number of amides is 1. The topological polar surface area (TPSA) is 66.8 Å². The van der Waals surface area contributed by atoms with Gasteiger partial charge in [0.2, 0.25) is 5.91 Å². The van der Waals surface area contributed by atoms with E-state index in [4.69, 9.17) is 14.6 Å². The van der Waals surface area contributed by atoms with E-state index in [1.54, 1.807) is 36.9 Å². The van der Waals surface area contributed by atoms with Gasteiger partial charge in [0.05, 0.1) is 0 Å². The van der Waals surface area contributed by atoms with Crippen LogP contribution >= 0.6 is 11.8 Å². The lowest BCUT2D eigenvalue weighted by Crippen LogP contribution is -2.32. The summed E-state index contributed by atoms with van der Waals surface area (Å²) in [5, 5.41) is 6.89. The molecule has 1 unspecified atom stereocenters. The third-order valence-electron chi connectivity index (χ3n) is 1.67. The lowest BCUT2D eigenvalue weighted by Gasteiger charge is -2.20. The number of hydrogen-bond donors (Lipinski definition) is 1. The molecule has 1 heterocycles. The predicted octanol–water partition coefficient (Wildman–Crippen LogP) is 0.379. The Morgan fingerprint density at radius 2 is 2.21 bits per heavy atom. The third kappa shape index (κ3) is 3.04. The molecular weight excluding hydrogens is 206 g/mol. The van der Waals surface area contributed by atoms with E-state index in [2.05, 4.69) is 0 Å². The summed E-state index contributed by atoms with van der Waals surface area (Å²) >= 11 is 1.55. The second-order valence-electron chi connectivity index (χ2n) is 2.39. The third-order valence-corrected chi connectivity index (χ3v) is 2.46. The molecule has 1 aliphatic heterocycles. The molecule has 0 saturated carbocycles. The van der Waals surface area contributed by atoms with Gasteiger partial charge in [-0.25, -0.2) is 0 Å². The van der Waals surface area contributed by atoms with Crippen LogP contribution in [0.2, 0.25) is 0 Å². The van der Waals surface area contributed by atoms with Gasteiger partial charge < -0.3 is 14.7 Å². The minimum absolute atomic E-state index is 0.0150. The van der Waals surface area contributed by atoms with Crippen LogP contribution in [0.25, 0.3) is 0 Å². The van der Waals surface area contributed by atoms with E-state index in [1.807, 2.05) is 6.26 Å². The SMILES string of the molecule is COC1C(SC)=CC(=O)N1C.O=CO. The summed E-state index contributed by atoms with van der Waals surface area (Å²) in [7, 11) is 3.33. The van der Waals surface area contributed by atoms with E-state index in [0.717, 1.165) is 4.91 Å². The molecule has 0 fully saturated rings. The van der Waals surface area contributed by atoms with Crippen molar-refractivity contribution in [2.75, 3.05) is 20.4 Å². The summed E-state index contributed by atoms with van der Waals surface area (Å²) in [4.78, 5) is 22.0. The minimum Gasteiger partial charge on any atom is -0.483 e. The number of methoxy groups -OCH3 is 1. The van der Waals surface area contributed by atoms with Crippen LogP contribution in [0.4, 0.5) is 0 Å². The number of ether oxygens (including phenoxy) is 1. The van der Waals surface area contributed by atoms with Crippen molar-refractivity contribution in [3.63, 3.8) is 0 Å². The molecule has 1 aliphatic rings. The van der Waals surface area contributed by atoms with E-state index < -0.39 is 0 Å². The average Bonchev–Trinajstić information content (AvgIpc) is 2.44. The van der Waals surface area contributed by atoms with Crippen LogP contribution in [0.3, 0.4) is 0 Å². The van der Waals surface area contributed by atoms with Crippen LogP contribution < -0.4 is 0 Å². The van der Waals surface area contributed by atoms with Crippen LogP contribution in [0.5, 0.6) is 0 Å². The number of hydrogen-bond acceptors (Lipinski definition) is 4. The zero-order chi connectivity index (χ0) is 11.1. The molecule has 0 saturated heterocycles. The summed E-state index contributed by atoms with van der Waals surface area (Å²) < 4.78 is 5.11. The van der Waals surface area contributed by atoms with Crippen molar-refractivity contribution in [3.8, 4) is 0 Å². The van der Waals surface area contributed by atoms with Crippen molar-refractivity contribution >= 4 is 24.1 Å². The Bertz CT molecular complexity index is 241. The first-order valence-corrected chi connectivity index (χ1v) is 4.97. The molecule has 0 bridgehead atoms. The Morgan fingerprint density at radius 1 is 1.71 bits per heavy atom. The summed E-state index contributed by atoms with van der Waals surface area (Å²) in [6.07, 6.45) is 3.38.